The van der Waals surface area contributed by atoms with Crippen molar-refractivity contribution in [1.82, 2.24) is 9.62 Å². The Balaban J connectivity index is 2.14. The summed E-state index contributed by atoms with van der Waals surface area (Å²) in [5.74, 6) is -5.64. The number of carboxylic acid groups (broad SMARTS) is 1. The highest BCUT2D eigenvalue weighted by Crippen LogP contribution is 2.45. The van der Waals surface area contributed by atoms with E-state index < -0.39 is 64.0 Å². The number of alkyl halides is 2. The maximum atomic E-state index is 15.5. The van der Waals surface area contributed by atoms with E-state index in [0.717, 1.165) is 6.07 Å². The molecule has 6 nitrogen and oxygen atoms in total. The van der Waals surface area contributed by atoms with Crippen molar-refractivity contribution in [2.24, 2.45) is 0 Å². The summed E-state index contributed by atoms with van der Waals surface area (Å²) in [5.41, 5.74) is -1.83. The third-order valence-corrected chi connectivity index (χ3v) is 7.45. The molecule has 180 valence electrons. The van der Waals surface area contributed by atoms with Crippen LogP contribution in [0.1, 0.15) is 25.8 Å². The minimum atomic E-state index is -4.15. The van der Waals surface area contributed by atoms with Crippen LogP contribution in [0.4, 0.5) is 22.4 Å². The van der Waals surface area contributed by atoms with Crippen LogP contribution in [0, 0.1) is 11.6 Å². The van der Waals surface area contributed by atoms with Gasteiger partial charge >= 0.3 is 6.09 Å². The van der Waals surface area contributed by atoms with Crippen molar-refractivity contribution in [2.45, 2.75) is 44.2 Å². The summed E-state index contributed by atoms with van der Waals surface area (Å²) < 4.78 is 85.5. The van der Waals surface area contributed by atoms with Gasteiger partial charge in [0.25, 0.3) is 5.92 Å². The van der Waals surface area contributed by atoms with Crippen LogP contribution in [-0.2, 0) is 16.4 Å². The minimum Gasteiger partial charge on any atom is -0.465 e. The molecular weight excluding hydrogens is 464 g/mol. The predicted molar refractivity (Wildman–Crippen MR) is 115 cm³/mol. The summed E-state index contributed by atoms with van der Waals surface area (Å²) in [6, 6.07) is 7.23. The van der Waals surface area contributed by atoms with E-state index in [1.165, 1.54) is 50.2 Å². The molecule has 3 rings (SSSR count). The molecule has 1 fully saturated rings. The Morgan fingerprint density at radius 1 is 1.18 bits per heavy atom. The molecule has 1 saturated heterocycles. The van der Waals surface area contributed by atoms with E-state index in [4.69, 9.17) is 0 Å². The van der Waals surface area contributed by atoms with E-state index in [9.17, 15) is 31.5 Å². The van der Waals surface area contributed by atoms with Crippen LogP contribution in [0.3, 0.4) is 0 Å². The summed E-state index contributed by atoms with van der Waals surface area (Å²) >= 11 is 0. The Hall–Kier alpha value is -2.66. The van der Waals surface area contributed by atoms with E-state index in [-0.39, 0.29) is 23.1 Å². The number of carbonyl (C=O) groups is 1. The van der Waals surface area contributed by atoms with Crippen LogP contribution in [-0.4, -0.2) is 54.3 Å². The average Bonchev–Trinajstić information content (AvgIpc) is 2.97. The molecule has 0 aliphatic carbocycles. The van der Waals surface area contributed by atoms with Crippen molar-refractivity contribution in [3.8, 4) is 11.1 Å². The van der Waals surface area contributed by atoms with Gasteiger partial charge in [0, 0.05) is 12.0 Å². The van der Waals surface area contributed by atoms with Crippen molar-refractivity contribution in [3.63, 3.8) is 0 Å². The molecule has 2 aromatic carbocycles. The summed E-state index contributed by atoms with van der Waals surface area (Å²) in [4.78, 5) is 12.4. The molecular formula is C22H24F4N2O4S. The molecule has 0 unspecified atom stereocenters. The van der Waals surface area contributed by atoms with Crippen molar-refractivity contribution in [3.05, 3.63) is 59.7 Å². The van der Waals surface area contributed by atoms with Crippen molar-refractivity contribution >= 4 is 16.1 Å². The molecule has 1 aliphatic heterocycles. The van der Waals surface area contributed by atoms with E-state index in [0.29, 0.717) is 4.90 Å². The average molecular weight is 489 g/mol. The molecule has 1 aliphatic rings. The number of likely N-dealkylation sites (tertiary alicyclic amines) is 1. The van der Waals surface area contributed by atoms with Gasteiger partial charge in [-0.1, -0.05) is 37.3 Å². The molecule has 11 heteroatoms. The van der Waals surface area contributed by atoms with E-state index in [1.54, 1.807) is 0 Å². The lowest BCUT2D eigenvalue weighted by Gasteiger charge is -2.40. The van der Waals surface area contributed by atoms with Gasteiger partial charge < -0.3 is 5.11 Å². The molecule has 0 radical (unpaired) electrons. The highest BCUT2D eigenvalue weighted by molar-refractivity contribution is 7.89. The maximum Gasteiger partial charge on any atom is 0.408 e. The van der Waals surface area contributed by atoms with Crippen LogP contribution < -0.4 is 4.72 Å². The summed E-state index contributed by atoms with van der Waals surface area (Å²) in [6.45, 7) is 1.47. The van der Waals surface area contributed by atoms with Crippen molar-refractivity contribution < 1.29 is 35.9 Å². The molecule has 2 N–H and O–H groups in total. The Labute approximate surface area is 189 Å². The van der Waals surface area contributed by atoms with Gasteiger partial charge in [-0.3, -0.25) is 4.90 Å². The number of hydrogen-bond donors (Lipinski definition) is 2. The van der Waals surface area contributed by atoms with Crippen molar-refractivity contribution in [2.75, 3.05) is 12.3 Å². The normalized spacial score (nSPS) is 22.5. The SMILES string of the molecule is CC[C@]1(Cc2cccc(-c3cccc(F)c3)c2F)[C@@H](NS(=O)(=O)CC)C(F)(F)CN1C(=O)O. The zero-order valence-electron chi connectivity index (χ0n) is 18.0. The quantitative estimate of drug-likeness (QED) is 0.571. The number of sulfonamides is 1. The molecule has 0 saturated carbocycles. The third-order valence-electron chi connectivity index (χ3n) is 6.10. The molecule has 2 atom stereocenters. The molecule has 0 spiro atoms. The van der Waals surface area contributed by atoms with Gasteiger partial charge in [0.2, 0.25) is 10.0 Å². The summed E-state index contributed by atoms with van der Waals surface area (Å²) in [6.07, 6.45) is -2.40. The van der Waals surface area contributed by atoms with Crippen LogP contribution in [0.15, 0.2) is 42.5 Å². The number of amides is 1. The van der Waals surface area contributed by atoms with Gasteiger partial charge in [0.05, 0.1) is 17.8 Å². The number of nitrogens with one attached hydrogen (secondary N) is 1. The summed E-state index contributed by atoms with van der Waals surface area (Å²) in [7, 11) is -4.15. The lowest BCUT2D eigenvalue weighted by atomic mass is 9.81. The van der Waals surface area contributed by atoms with Crippen LogP contribution in [0.2, 0.25) is 0 Å². The second kappa shape index (κ2) is 8.94. The first-order valence-corrected chi connectivity index (χ1v) is 11.9. The lowest BCUT2D eigenvalue weighted by molar-refractivity contribution is -0.0102. The summed E-state index contributed by atoms with van der Waals surface area (Å²) in [5, 5.41) is 9.68. The molecule has 0 aromatic heterocycles. The zero-order chi connectivity index (χ0) is 24.6. The fourth-order valence-corrected chi connectivity index (χ4v) is 5.29. The highest BCUT2D eigenvalue weighted by atomic mass is 32.2. The second-order valence-electron chi connectivity index (χ2n) is 8.01. The Morgan fingerprint density at radius 3 is 2.42 bits per heavy atom. The Morgan fingerprint density at radius 2 is 1.85 bits per heavy atom. The van der Waals surface area contributed by atoms with Gasteiger partial charge in [-0.05, 0) is 36.6 Å². The number of hydrogen-bond acceptors (Lipinski definition) is 3. The maximum absolute atomic E-state index is 15.5. The number of nitrogens with zero attached hydrogens (tertiary/aromatic N) is 1. The number of rotatable bonds is 7. The van der Waals surface area contributed by atoms with Gasteiger partial charge in [0.1, 0.15) is 17.7 Å². The largest absolute Gasteiger partial charge is 0.465 e. The predicted octanol–water partition coefficient (Wildman–Crippen LogP) is 4.26. The first kappa shape index (κ1) is 25.0. The zero-order valence-corrected chi connectivity index (χ0v) is 18.8. The Kier molecular flexibility index (Phi) is 6.77. The molecule has 0 bridgehead atoms. The third kappa shape index (κ3) is 4.70. The topological polar surface area (TPSA) is 86.7 Å². The van der Waals surface area contributed by atoms with Gasteiger partial charge in [-0.15, -0.1) is 0 Å². The van der Waals surface area contributed by atoms with Gasteiger partial charge in [-0.2, -0.15) is 0 Å². The fraction of sp³-hybridized carbons (Fsp3) is 0.409. The van der Waals surface area contributed by atoms with E-state index >= 15 is 4.39 Å². The van der Waals surface area contributed by atoms with Crippen LogP contribution >= 0.6 is 0 Å². The fourth-order valence-electron chi connectivity index (χ4n) is 4.37. The van der Waals surface area contributed by atoms with E-state index in [1.807, 2.05) is 4.72 Å². The lowest BCUT2D eigenvalue weighted by Crippen LogP contribution is -2.61. The highest BCUT2D eigenvalue weighted by Gasteiger charge is 2.65. The van der Waals surface area contributed by atoms with Gasteiger partial charge in [-0.25, -0.2) is 35.5 Å². The number of halogens is 4. The molecule has 1 amide bonds. The van der Waals surface area contributed by atoms with Crippen LogP contribution in [0.5, 0.6) is 0 Å². The van der Waals surface area contributed by atoms with E-state index in [2.05, 4.69) is 0 Å². The first-order chi connectivity index (χ1) is 15.4. The second-order valence-corrected chi connectivity index (χ2v) is 10.0. The molecule has 2 aromatic rings. The first-order valence-electron chi connectivity index (χ1n) is 10.3. The molecule has 33 heavy (non-hydrogen) atoms. The monoisotopic (exact) mass is 488 g/mol. The van der Waals surface area contributed by atoms with Gasteiger partial charge in [0.15, 0.2) is 0 Å². The standard InChI is InChI=1S/C22H24F4N2O4S/c1-3-21(19(27-33(31,32)4-2)22(25,26)13-28(21)20(29)30)12-15-8-6-10-17(18(15)24)14-7-5-9-16(23)11-14/h5-11,19,27H,3-4,12-13H2,1-2H3,(H,29,30)/t19-,21+/m1/s1. The molecule has 1 heterocycles. The number of benzene rings is 2. The Bertz CT molecular complexity index is 1160. The minimum absolute atomic E-state index is 0.00979. The smallest absolute Gasteiger partial charge is 0.408 e. The van der Waals surface area contributed by atoms with Crippen molar-refractivity contribution in [1.29, 1.82) is 0 Å². The van der Waals surface area contributed by atoms with Crippen LogP contribution in [0.25, 0.3) is 11.1 Å².